The van der Waals surface area contributed by atoms with Crippen molar-refractivity contribution in [3.63, 3.8) is 0 Å². The van der Waals surface area contributed by atoms with Crippen molar-refractivity contribution >= 4 is 16.8 Å². The fourth-order valence-electron chi connectivity index (χ4n) is 4.57. The van der Waals surface area contributed by atoms with Gasteiger partial charge in [-0.1, -0.05) is 42.5 Å². The summed E-state index contributed by atoms with van der Waals surface area (Å²) in [5.41, 5.74) is 1.07. The number of nitrogens with zero attached hydrogens (tertiary/aromatic N) is 2. The van der Waals surface area contributed by atoms with Crippen molar-refractivity contribution < 1.29 is 4.79 Å². The Labute approximate surface area is 175 Å². The number of nitrogens with one attached hydrogen (secondary N) is 1. The van der Waals surface area contributed by atoms with Crippen LogP contribution in [0.2, 0.25) is 0 Å². The Kier molecular flexibility index (Phi) is 5.84. The van der Waals surface area contributed by atoms with Gasteiger partial charge in [0.2, 0.25) is 5.91 Å². The monoisotopic (exact) mass is 405 g/mol. The van der Waals surface area contributed by atoms with Crippen molar-refractivity contribution in [1.82, 2.24) is 14.5 Å². The zero-order valence-electron chi connectivity index (χ0n) is 17.2. The third-order valence-electron chi connectivity index (χ3n) is 6.36. The van der Waals surface area contributed by atoms with Crippen LogP contribution in [0, 0.1) is 0 Å². The number of hydrogen-bond donors (Lipinski definition) is 1. The lowest BCUT2D eigenvalue weighted by Crippen LogP contribution is -2.40. The van der Waals surface area contributed by atoms with E-state index in [2.05, 4.69) is 29.2 Å². The molecule has 1 fully saturated rings. The molecule has 6 heteroatoms. The molecule has 4 rings (SSSR count). The largest absolute Gasteiger partial charge is 0.343 e. The van der Waals surface area contributed by atoms with Crippen LogP contribution < -0.4 is 11.2 Å². The summed E-state index contributed by atoms with van der Waals surface area (Å²) in [7, 11) is 1.86. The highest BCUT2D eigenvalue weighted by atomic mass is 16.2. The molecule has 0 unspecified atom stereocenters. The molecule has 2 aromatic carbocycles. The summed E-state index contributed by atoms with van der Waals surface area (Å²) in [6, 6.07) is 17.8. The molecule has 1 saturated carbocycles. The fraction of sp³-hybridized carbons (Fsp3) is 0.375. The van der Waals surface area contributed by atoms with E-state index in [0.717, 1.165) is 25.7 Å². The van der Waals surface area contributed by atoms with Gasteiger partial charge in [-0.2, -0.15) is 0 Å². The van der Waals surface area contributed by atoms with Crippen LogP contribution in [0.3, 0.4) is 0 Å². The highest BCUT2D eigenvalue weighted by Gasteiger charge is 2.27. The molecule has 156 valence electrons. The number of rotatable bonds is 5. The minimum absolute atomic E-state index is 0.0281. The summed E-state index contributed by atoms with van der Waals surface area (Å²) in [6.45, 7) is 0.249. The highest BCUT2D eigenvalue weighted by Crippen LogP contribution is 2.34. The molecule has 0 radical (unpaired) electrons. The van der Waals surface area contributed by atoms with Gasteiger partial charge < -0.3 is 4.90 Å². The zero-order chi connectivity index (χ0) is 21.1. The fourth-order valence-corrected chi connectivity index (χ4v) is 4.57. The van der Waals surface area contributed by atoms with Gasteiger partial charge >= 0.3 is 5.69 Å². The van der Waals surface area contributed by atoms with E-state index in [9.17, 15) is 14.4 Å². The summed E-state index contributed by atoms with van der Waals surface area (Å²) in [4.78, 5) is 41.3. The van der Waals surface area contributed by atoms with Crippen LogP contribution in [0.15, 0.2) is 64.2 Å². The first-order chi connectivity index (χ1) is 14.5. The Balaban J connectivity index is 1.39. The highest BCUT2D eigenvalue weighted by molar-refractivity contribution is 5.79. The van der Waals surface area contributed by atoms with E-state index < -0.39 is 11.2 Å². The maximum atomic E-state index is 12.8. The summed E-state index contributed by atoms with van der Waals surface area (Å²) in [5, 5.41) is 0.456. The van der Waals surface area contributed by atoms with E-state index in [4.69, 9.17) is 0 Å². The molecule has 0 saturated heterocycles. The van der Waals surface area contributed by atoms with Gasteiger partial charge in [-0.05, 0) is 49.3 Å². The first-order valence-electron chi connectivity index (χ1n) is 10.6. The maximum Gasteiger partial charge on any atom is 0.328 e. The second kappa shape index (κ2) is 8.69. The molecule has 1 aliphatic carbocycles. The predicted molar refractivity (Wildman–Crippen MR) is 118 cm³/mol. The number of aryl methyl sites for hydroxylation is 1. The minimum Gasteiger partial charge on any atom is -0.343 e. The van der Waals surface area contributed by atoms with Crippen LogP contribution >= 0.6 is 0 Å². The Hall–Kier alpha value is -3.15. The lowest BCUT2D eigenvalue weighted by molar-refractivity contribution is -0.132. The number of hydrogen-bond acceptors (Lipinski definition) is 3. The third-order valence-corrected chi connectivity index (χ3v) is 6.36. The molecule has 0 atom stereocenters. The average Bonchev–Trinajstić information content (AvgIpc) is 2.79. The molecule has 0 aliphatic heterocycles. The number of carbonyl (C=O) groups excluding carboxylic acids is 1. The molecule has 0 bridgehead atoms. The number of carbonyl (C=O) groups is 1. The average molecular weight is 405 g/mol. The van der Waals surface area contributed by atoms with E-state index in [1.807, 2.05) is 18.0 Å². The van der Waals surface area contributed by atoms with Gasteiger partial charge in [0, 0.05) is 26.1 Å². The zero-order valence-corrected chi connectivity index (χ0v) is 17.2. The number of fused-ring (bicyclic) bond motifs is 1. The van der Waals surface area contributed by atoms with Crippen molar-refractivity contribution in [3.05, 3.63) is 81.0 Å². The molecule has 1 N–H and O–H groups in total. The summed E-state index contributed by atoms with van der Waals surface area (Å²) in [5.74, 6) is 0.595. The smallest absolute Gasteiger partial charge is 0.328 e. The molecule has 0 spiro atoms. The predicted octanol–water partition coefficient (Wildman–Crippen LogP) is 3.26. The topological polar surface area (TPSA) is 75.2 Å². The number of amides is 1. The van der Waals surface area contributed by atoms with Crippen LogP contribution in [0.25, 0.3) is 10.9 Å². The first-order valence-corrected chi connectivity index (χ1v) is 10.6. The molecule has 1 heterocycles. The second-order valence-electron chi connectivity index (χ2n) is 8.10. The van der Waals surface area contributed by atoms with E-state index in [1.165, 1.54) is 10.1 Å². The number of H-pyrrole nitrogens is 1. The van der Waals surface area contributed by atoms with Gasteiger partial charge in [0.25, 0.3) is 5.56 Å². The lowest BCUT2D eigenvalue weighted by Gasteiger charge is -2.35. The van der Waals surface area contributed by atoms with E-state index in [-0.39, 0.29) is 24.9 Å². The Morgan fingerprint density at radius 1 is 1.00 bits per heavy atom. The van der Waals surface area contributed by atoms with Crippen LogP contribution in [0.4, 0.5) is 0 Å². The Morgan fingerprint density at radius 2 is 1.67 bits per heavy atom. The Morgan fingerprint density at radius 3 is 2.40 bits per heavy atom. The van der Waals surface area contributed by atoms with Crippen molar-refractivity contribution in [2.45, 2.75) is 50.6 Å². The molecule has 6 nitrogen and oxygen atoms in total. The van der Waals surface area contributed by atoms with Gasteiger partial charge in [0.15, 0.2) is 0 Å². The quantitative estimate of drug-likeness (QED) is 0.708. The van der Waals surface area contributed by atoms with Gasteiger partial charge in [0.1, 0.15) is 0 Å². The van der Waals surface area contributed by atoms with Gasteiger partial charge in [-0.25, -0.2) is 4.79 Å². The van der Waals surface area contributed by atoms with E-state index >= 15 is 0 Å². The van der Waals surface area contributed by atoms with Crippen LogP contribution in [-0.2, 0) is 11.3 Å². The third kappa shape index (κ3) is 4.08. The lowest BCUT2D eigenvalue weighted by atomic mass is 9.81. The number of benzene rings is 2. The Bertz CT molecular complexity index is 1140. The molecule has 1 aromatic heterocycles. The number of aromatic amines is 1. The first kappa shape index (κ1) is 20.1. The van der Waals surface area contributed by atoms with Gasteiger partial charge in [-0.15, -0.1) is 0 Å². The van der Waals surface area contributed by atoms with Crippen LogP contribution in [0.5, 0.6) is 0 Å². The molecule has 30 heavy (non-hydrogen) atoms. The molecular weight excluding hydrogens is 378 g/mol. The molecular formula is C24H27N3O3. The van der Waals surface area contributed by atoms with Crippen LogP contribution in [-0.4, -0.2) is 33.4 Å². The van der Waals surface area contributed by atoms with Crippen molar-refractivity contribution in [1.29, 1.82) is 0 Å². The van der Waals surface area contributed by atoms with E-state index in [1.54, 1.807) is 24.3 Å². The standard InChI is InChI=1S/C24H27N3O3/c1-26(19-13-11-18(12-14-19)17-7-3-2-4-8-17)22(28)15-16-27-21-10-6-5-9-20(21)23(29)25-24(27)30/h2-10,18-19H,11-16H2,1H3,(H,25,29,30). The summed E-state index contributed by atoms with van der Waals surface area (Å²) < 4.78 is 1.48. The molecule has 1 amide bonds. The second-order valence-corrected chi connectivity index (χ2v) is 8.10. The molecule has 3 aromatic rings. The van der Waals surface area contributed by atoms with E-state index in [0.29, 0.717) is 16.8 Å². The molecule has 1 aliphatic rings. The van der Waals surface area contributed by atoms with Crippen LogP contribution in [0.1, 0.15) is 43.6 Å². The van der Waals surface area contributed by atoms with Crippen molar-refractivity contribution in [2.75, 3.05) is 7.05 Å². The number of para-hydroxylation sites is 1. The summed E-state index contributed by atoms with van der Waals surface area (Å²) >= 11 is 0. The SMILES string of the molecule is CN(C(=O)CCn1c(=O)[nH]c(=O)c2ccccc21)C1CCC(c2ccccc2)CC1. The van der Waals surface area contributed by atoms with Crippen molar-refractivity contribution in [2.24, 2.45) is 0 Å². The minimum atomic E-state index is -0.475. The number of aromatic nitrogens is 2. The normalized spacial score (nSPS) is 19.0. The van der Waals surface area contributed by atoms with Crippen molar-refractivity contribution in [3.8, 4) is 0 Å². The van der Waals surface area contributed by atoms with Gasteiger partial charge in [-0.3, -0.25) is 19.1 Å². The van der Waals surface area contributed by atoms with Gasteiger partial charge in [0.05, 0.1) is 10.9 Å². The maximum absolute atomic E-state index is 12.8. The summed E-state index contributed by atoms with van der Waals surface area (Å²) in [6.07, 6.45) is 4.37.